The standard InChI is InChI=1S/C13H19F3N2O2S/c1-3-12(2,8-9-17)18-21(19,20)11-7-5-4-6-10(11)13(14,15)16/h4-7,18H,3,8-9,17H2,1-2H3. The molecule has 1 aromatic carbocycles. The van der Waals surface area contributed by atoms with Crippen molar-refractivity contribution in [2.75, 3.05) is 6.54 Å². The Morgan fingerprint density at radius 1 is 1.24 bits per heavy atom. The number of sulfonamides is 1. The predicted octanol–water partition coefficient (Wildman–Crippen LogP) is 2.50. The first-order valence-corrected chi connectivity index (χ1v) is 7.94. The molecule has 1 unspecified atom stereocenters. The topological polar surface area (TPSA) is 72.2 Å². The number of nitrogens with one attached hydrogen (secondary N) is 1. The maximum atomic E-state index is 12.9. The summed E-state index contributed by atoms with van der Waals surface area (Å²) in [7, 11) is -4.29. The second-order valence-electron chi connectivity index (χ2n) is 5.05. The van der Waals surface area contributed by atoms with Crippen LogP contribution in [0.25, 0.3) is 0 Å². The Labute approximate surface area is 122 Å². The third-order valence-electron chi connectivity index (χ3n) is 3.34. The van der Waals surface area contributed by atoms with Gasteiger partial charge in [0.2, 0.25) is 10.0 Å². The highest BCUT2D eigenvalue weighted by atomic mass is 32.2. The molecule has 0 aliphatic rings. The number of nitrogens with two attached hydrogens (primary N) is 1. The van der Waals surface area contributed by atoms with Crippen molar-refractivity contribution in [2.45, 2.75) is 43.3 Å². The molecule has 0 fully saturated rings. The molecule has 1 rings (SSSR count). The van der Waals surface area contributed by atoms with Gasteiger partial charge in [-0.2, -0.15) is 13.2 Å². The SMILES string of the molecule is CCC(C)(CCN)NS(=O)(=O)c1ccccc1C(F)(F)F. The Morgan fingerprint density at radius 2 is 1.81 bits per heavy atom. The van der Waals surface area contributed by atoms with Gasteiger partial charge >= 0.3 is 6.18 Å². The monoisotopic (exact) mass is 324 g/mol. The summed E-state index contributed by atoms with van der Waals surface area (Å²) >= 11 is 0. The maximum Gasteiger partial charge on any atom is 0.417 e. The number of halogens is 3. The summed E-state index contributed by atoms with van der Waals surface area (Å²) in [5, 5.41) is 0. The lowest BCUT2D eigenvalue weighted by Gasteiger charge is -2.29. The van der Waals surface area contributed by atoms with E-state index in [9.17, 15) is 21.6 Å². The first-order valence-electron chi connectivity index (χ1n) is 6.46. The lowest BCUT2D eigenvalue weighted by Crippen LogP contribution is -2.47. The van der Waals surface area contributed by atoms with E-state index in [1.54, 1.807) is 13.8 Å². The average Bonchev–Trinajstić information content (AvgIpc) is 2.37. The second-order valence-corrected chi connectivity index (χ2v) is 6.70. The molecule has 0 aromatic heterocycles. The first-order chi connectivity index (χ1) is 9.56. The third-order valence-corrected chi connectivity index (χ3v) is 5.04. The molecule has 0 radical (unpaired) electrons. The number of benzene rings is 1. The molecule has 3 N–H and O–H groups in total. The van der Waals surface area contributed by atoms with Gasteiger partial charge in [0.05, 0.1) is 10.5 Å². The molecule has 0 amide bonds. The normalized spacial score (nSPS) is 15.7. The van der Waals surface area contributed by atoms with E-state index in [2.05, 4.69) is 4.72 Å². The van der Waals surface area contributed by atoms with Gasteiger partial charge < -0.3 is 5.73 Å². The molecular weight excluding hydrogens is 305 g/mol. The quantitative estimate of drug-likeness (QED) is 0.844. The van der Waals surface area contributed by atoms with Gasteiger partial charge in [0.15, 0.2) is 0 Å². The summed E-state index contributed by atoms with van der Waals surface area (Å²) in [5.74, 6) is 0. The average molecular weight is 324 g/mol. The smallest absolute Gasteiger partial charge is 0.330 e. The Hall–Kier alpha value is -1.12. The van der Waals surface area contributed by atoms with Crippen LogP contribution in [0.5, 0.6) is 0 Å². The molecule has 1 aromatic rings. The number of rotatable bonds is 6. The highest BCUT2D eigenvalue weighted by molar-refractivity contribution is 7.89. The van der Waals surface area contributed by atoms with Crippen molar-refractivity contribution in [3.05, 3.63) is 29.8 Å². The summed E-state index contributed by atoms with van der Waals surface area (Å²) in [6.45, 7) is 3.59. The van der Waals surface area contributed by atoms with Crippen LogP contribution in [0.3, 0.4) is 0 Å². The summed E-state index contributed by atoms with van der Waals surface area (Å²) in [4.78, 5) is -0.769. The van der Waals surface area contributed by atoms with Gasteiger partial charge in [-0.15, -0.1) is 0 Å². The van der Waals surface area contributed by atoms with Crippen LogP contribution in [0.1, 0.15) is 32.3 Å². The molecule has 0 aliphatic carbocycles. The zero-order valence-corrected chi connectivity index (χ0v) is 12.7. The lowest BCUT2D eigenvalue weighted by atomic mass is 9.96. The van der Waals surface area contributed by atoms with Crippen LogP contribution >= 0.6 is 0 Å². The lowest BCUT2D eigenvalue weighted by molar-refractivity contribution is -0.139. The molecule has 0 saturated carbocycles. The number of hydrogen-bond acceptors (Lipinski definition) is 3. The van der Waals surface area contributed by atoms with E-state index in [1.165, 1.54) is 6.07 Å². The molecule has 8 heteroatoms. The minimum absolute atomic E-state index is 0.230. The van der Waals surface area contributed by atoms with Gasteiger partial charge in [0.1, 0.15) is 0 Å². The number of alkyl halides is 3. The molecule has 0 heterocycles. The van der Waals surface area contributed by atoms with Crippen molar-refractivity contribution in [1.82, 2.24) is 4.72 Å². The molecule has 4 nitrogen and oxygen atoms in total. The van der Waals surface area contributed by atoms with E-state index >= 15 is 0 Å². The third kappa shape index (κ3) is 4.42. The summed E-state index contributed by atoms with van der Waals surface area (Å²) in [6, 6.07) is 4.11. The van der Waals surface area contributed by atoms with Crippen LogP contribution in [0, 0.1) is 0 Å². The fourth-order valence-electron chi connectivity index (χ4n) is 1.93. The molecule has 0 bridgehead atoms. The van der Waals surface area contributed by atoms with E-state index < -0.39 is 32.2 Å². The van der Waals surface area contributed by atoms with Crippen molar-refractivity contribution in [3.63, 3.8) is 0 Å². The first kappa shape index (κ1) is 17.9. The largest absolute Gasteiger partial charge is 0.417 e. The van der Waals surface area contributed by atoms with Gasteiger partial charge in [-0.25, -0.2) is 13.1 Å². The van der Waals surface area contributed by atoms with Crippen molar-refractivity contribution in [3.8, 4) is 0 Å². The van der Waals surface area contributed by atoms with E-state index in [4.69, 9.17) is 5.73 Å². The molecule has 0 spiro atoms. The molecule has 0 saturated heterocycles. The zero-order valence-electron chi connectivity index (χ0n) is 11.9. The Morgan fingerprint density at radius 3 is 2.29 bits per heavy atom. The van der Waals surface area contributed by atoms with Crippen molar-refractivity contribution in [2.24, 2.45) is 5.73 Å². The van der Waals surface area contributed by atoms with E-state index in [-0.39, 0.29) is 6.54 Å². The minimum Gasteiger partial charge on any atom is -0.330 e. The molecular formula is C13H19F3N2O2S. The summed E-state index contributed by atoms with van der Waals surface area (Å²) in [6.07, 6.45) is -3.99. The minimum atomic E-state index is -4.73. The van der Waals surface area contributed by atoms with Crippen LogP contribution in [-0.2, 0) is 16.2 Å². The van der Waals surface area contributed by atoms with Gasteiger partial charge in [0.25, 0.3) is 0 Å². The van der Waals surface area contributed by atoms with E-state index in [0.29, 0.717) is 12.8 Å². The van der Waals surface area contributed by atoms with Crippen molar-refractivity contribution >= 4 is 10.0 Å². The van der Waals surface area contributed by atoms with Crippen LogP contribution in [0.15, 0.2) is 29.2 Å². The summed E-state index contributed by atoms with van der Waals surface area (Å²) < 4.78 is 65.7. The van der Waals surface area contributed by atoms with E-state index in [0.717, 1.165) is 18.2 Å². The predicted molar refractivity (Wildman–Crippen MR) is 74.1 cm³/mol. The van der Waals surface area contributed by atoms with Crippen molar-refractivity contribution < 1.29 is 21.6 Å². The summed E-state index contributed by atoms with van der Waals surface area (Å²) in [5.41, 5.74) is 3.37. The second kappa shape index (κ2) is 6.33. The van der Waals surface area contributed by atoms with Crippen LogP contribution in [0.4, 0.5) is 13.2 Å². The zero-order chi connectivity index (χ0) is 16.3. The molecule has 120 valence electrons. The van der Waals surface area contributed by atoms with Crippen LogP contribution < -0.4 is 10.5 Å². The Kier molecular flexibility index (Phi) is 5.40. The van der Waals surface area contributed by atoms with Crippen LogP contribution in [-0.4, -0.2) is 20.5 Å². The highest BCUT2D eigenvalue weighted by Crippen LogP contribution is 2.34. The fraction of sp³-hybridized carbons (Fsp3) is 0.538. The molecule has 0 aliphatic heterocycles. The molecule has 1 atom stereocenters. The fourth-order valence-corrected chi connectivity index (χ4v) is 3.67. The van der Waals surface area contributed by atoms with Gasteiger partial charge in [-0.05, 0) is 38.4 Å². The van der Waals surface area contributed by atoms with Gasteiger partial charge in [-0.3, -0.25) is 0 Å². The number of hydrogen-bond donors (Lipinski definition) is 2. The Bertz CT molecular complexity index is 587. The van der Waals surface area contributed by atoms with E-state index in [1.807, 2.05) is 0 Å². The van der Waals surface area contributed by atoms with Gasteiger partial charge in [0, 0.05) is 5.54 Å². The van der Waals surface area contributed by atoms with Gasteiger partial charge in [-0.1, -0.05) is 19.1 Å². The Balaban J connectivity index is 3.27. The maximum absolute atomic E-state index is 12.9. The highest BCUT2D eigenvalue weighted by Gasteiger charge is 2.38. The van der Waals surface area contributed by atoms with Crippen LogP contribution in [0.2, 0.25) is 0 Å². The molecule has 21 heavy (non-hydrogen) atoms. The van der Waals surface area contributed by atoms with Crippen molar-refractivity contribution in [1.29, 1.82) is 0 Å².